The third kappa shape index (κ3) is 16.3. The van der Waals surface area contributed by atoms with Gasteiger partial charge in [0.25, 0.3) is 5.08 Å². The molecule has 0 saturated heterocycles. The Morgan fingerprint density at radius 1 is 0.833 bits per heavy atom. The Morgan fingerprint density at radius 2 is 1.27 bits per heavy atom. The molecule has 1 aromatic heterocycles. The number of aryl methyl sites for hydroxylation is 1. The minimum atomic E-state index is -5.33. The molecule has 17 heteroatoms. The molecule has 30 heavy (non-hydrogen) atoms. The van der Waals surface area contributed by atoms with Gasteiger partial charge in [-0.3, -0.25) is 9.13 Å². The van der Waals surface area contributed by atoms with E-state index in [9.17, 15) is 14.2 Å². The van der Waals surface area contributed by atoms with E-state index < -0.39 is 26.7 Å². The fourth-order valence-corrected chi connectivity index (χ4v) is 3.97. The third-order valence-corrected chi connectivity index (χ3v) is 7.13. The molecule has 0 aliphatic carbocycles. The van der Waals surface area contributed by atoms with Crippen molar-refractivity contribution in [2.24, 2.45) is 22.9 Å². The second-order valence-electron chi connectivity index (χ2n) is 5.63. The molecule has 0 spiro atoms. The van der Waals surface area contributed by atoms with Crippen molar-refractivity contribution in [1.29, 1.82) is 0 Å². The second kappa shape index (κ2) is 20.3. The molecule has 0 aliphatic rings. The van der Waals surface area contributed by atoms with Crippen LogP contribution in [0.4, 0.5) is 0 Å². The van der Waals surface area contributed by atoms with Crippen LogP contribution in [0, 0.1) is 0 Å². The minimum Gasteiger partial charge on any atom is -0.368 e. The van der Waals surface area contributed by atoms with E-state index in [1.807, 2.05) is 0 Å². The van der Waals surface area contributed by atoms with Gasteiger partial charge in [-0.2, -0.15) is 0 Å². The molecule has 0 unspecified atom stereocenters. The first kappa shape index (κ1) is 38.0. The molecule has 1 heterocycles. The number of nitrogens with two attached hydrogens (primary N) is 4. The van der Waals surface area contributed by atoms with E-state index in [4.69, 9.17) is 42.5 Å². The van der Waals surface area contributed by atoms with Gasteiger partial charge in [0.1, 0.15) is 0 Å². The number of rotatable bonds is 10. The average Bonchev–Trinajstić information content (AvgIpc) is 3.13. The molecule has 0 saturated carbocycles. The molecule has 0 radical (unpaired) electrons. The van der Waals surface area contributed by atoms with Crippen LogP contribution in [0.2, 0.25) is 0 Å². The molecular formula is C13H34N6O7P2Pt2+8. The normalized spacial score (nSPS) is 11.1. The fraction of sp³-hybridized carbons (Fsp3) is 0.769. The van der Waals surface area contributed by atoms with E-state index in [-0.39, 0.29) is 48.6 Å². The van der Waals surface area contributed by atoms with E-state index in [2.05, 4.69) is 4.98 Å². The zero-order valence-electron chi connectivity index (χ0n) is 16.4. The van der Waals surface area contributed by atoms with Gasteiger partial charge in [0.05, 0.1) is 6.33 Å². The summed E-state index contributed by atoms with van der Waals surface area (Å²) in [5.74, 6) is 0. The Labute approximate surface area is 205 Å². The number of unbranched alkanes of at least 4 members (excludes halogenated alkanes) is 2. The Morgan fingerprint density at radius 3 is 1.57 bits per heavy atom. The van der Waals surface area contributed by atoms with Crippen LogP contribution < -0.4 is 22.9 Å². The van der Waals surface area contributed by atoms with Gasteiger partial charge in [-0.25, -0.2) is 4.98 Å². The molecule has 0 aromatic carbocycles. The molecular weight excluding hydrogens is 804 g/mol. The number of nitrogens with zero attached hydrogens (tertiary/aromatic N) is 2. The van der Waals surface area contributed by atoms with E-state index in [1.165, 1.54) is 0 Å². The van der Waals surface area contributed by atoms with E-state index >= 15 is 0 Å². The van der Waals surface area contributed by atoms with Crippen molar-refractivity contribution < 1.29 is 75.9 Å². The Bertz CT molecular complexity index is 559. The van der Waals surface area contributed by atoms with Gasteiger partial charge < -0.3 is 52.2 Å². The maximum Gasteiger partial charge on any atom is 4.00 e. The maximum absolute atomic E-state index is 11.1. The summed E-state index contributed by atoms with van der Waals surface area (Å²) in [6.45, 7) is 3.02. The third-order valence-electron chi connectivity index (χ3n) is 3.25. The summed E-state index contributed by atoms with van der Waals surface area (Å²) in [6, 6.07) is 0. The fourth-order valence-electron chi connectivity index (χ4n) is 1.71. The van der Waals surface area contributed by atoms with Crippen molar-refractivity contribution in [3.8, 4) is 0 Å². The summed E-state index contributed by atoms with van der Waals surface area (Å²) in [6.07, 6.45) is 5.49. The first-order valence-electron chi connectivity index (χ1n) is 8.50. The van der Waals surface area contributed by atoms with Crippen molar-refractivity contribution in [3.63, 3.8) is 0 Å². The number of aliphatic hydroxyl groups is 1. The summed E-state index contributed by atoms with van der Waals surface area (Å²) < 4.78 is 24.0. The van der Waals surface area contributed by atoms with Gasteiger partial charge in [-0.05, 0) is 19.3 Å². The monoisotopic (exact) mass is 838 g/mol. The van der Waals surface area contributed by atoms with E-state index in [0.29, 0.717) is 45.6 Å². The Balaban J connectivity index is -0.000000290. The van der Waals surface area contributed by atoms with Crippen LogP contribution in [0.3, 0.4) is 0 Å². The van der Waals surface area contributed by atoms with Crippen LogP contribution in [0.25, 0.3) is 0 Å². The topological polar surface area (TPSA) is 257 Å². The van der Waals surface area contributed by atoms with Crippen molar-refractivity contribution in [2.45, 2.75) is 37.3 Å². The molecule has 1 rings (SSSR count). The molecule has 180 valence electrons. The molecule has 1 aromatic rings. The summed E-state index contributed by atoms with van der Waals surface area (Å²) >= 11 is 0. The largest absolute Gasteiger partial charge is 4.00 e. The molecule has 0 amide bonds. The minimum absolute atomic E-state index is 0. The Kier molecular flexibility index (Phi) is 25.7. The summed E-state index contributed by atoms with van der Waals surface area (Å²) in [4.78, 5) is 39.6. The van der Waals surface area contributed by atoms with E-state index in [1.54, 1.807) is 23.3 Å². The predicted molar refractivity (Wildman–Crippen MR) is 106 cm³/mol. The number of aromatic nitrogens is 2. The standard InChI is InChI=1S/C9H18N2O7P2.2C2H8N2.2Pt/c12-9(19(13,14)15,20(16,17)18)4-2-1-3-6-11-7-5-10-8-11;2*3-1-2-4;;/h5,7-8,12H,1-4,6H2,(H2,13,14,15)(H2,16,17,18);2*1-4H2;;/q;;;2*+4. The maximum atomic E-state index is 11.1. The first-order chi connectivity index (χ1) is 12.9. The Hall–Kier alpha value is 0.687. The predicted octanol–water partition coefficient (Wildman–Crippen LogP) is -1.75. The number of hydrogen-bond donors (Lipinski definition) is 9. The molecule has 0 aliphatic heterocycles. The van der Waals surface area contributed by atoms with Crippen molar-refractivity contribution >= 4 is 15.2 Å². The smallest absolute Gasteiger partial charge is 0.368 e. The van der Waals surface area contributed by atoms with Crippen molar-refractivity contribution in [2.75, 3.05) is 26.2 Å². The zero-order chi connectivity index (χ0) is 22.3. The van der Waals surface area contributed by atoms with E-state index in [0.717, 1.165) is 0 Å². The van der Waals surface area contributed by atoms with Gasteiger partial charge in [0, 0.05) is 45.1 Å². The molecule has 0 bridgehead atoms. The first-order valence-corrected chi connectivity index (χ1v) is 11.7. The number of imidazole rings is 1. The van der Waals surface area contributed by atoms with Crippen LogP contribution in [0.1, 0.15) is 25.7 Å². The van der Waals surface area contributed by atoms with Gasteiger partial charge in [0.15, 0.2) is 0 Å². The average molecular weight is 839 g/mol. The number of hydrogen-bond acceptors (Lipinski definition) is 8. The SMILES string of the molecule is NCCN.NCCN.O=P(O)(O)C(O)(CCCCCn1ccnc1)P(=O)(O)O.[Pt+4].[Pt+4]. The van der Waals surface area contributed by atoms with Crippen molar-refractivity contribution in [1.82, 2.24) is 9.55 Å². The summed E-state index contributed by atoms with van der Waals surface area (Å²) in [5.41, 5.74) is 19.6. The summed E-state index contributed by atoms with van der Waals surface area (Å²) in [5, 5.41) is 6.33. The van der Waals surface area contributed by atoms with Gasteiger partial charge in [0.2, 0.25) is 0 Å². The van der Waals surface area contributed by atoms with Crippen LogP contribution >= 0.6 is 15.2 Å². The van der Waals surface area contributed by atoms with Crippen LogP contribution in [0.5, 0.6) is 0 Å². The van der Waals surface area contributed by atoms with Gasteiger partial charge >= 0.3 is 57.3 Å². The zero-order valence-corrected chi connectivity index (χ0v) is 22.7. The van der Waals surface area contributed by atoms with Crippen LogP contribution in [-0.2, 0) is 57.8 Å². The molecule has 13 N–H and O–H groups in total. The van der Waals surface area contributed by atoms with Gasteiger partial charge in [-0.1, -0.05) is 6.42 Å². The second-order valence-corrected chi connectivity index (χ2v) is 9.64. The van der Waals surface area contributed by atoms with Crippen LogP contribution in [0.15, 0.2) is 18.7 Å². The van der Waals surface area contributed by atoms with Crippen LogP contribution in [-0.4, -0.2) is 65.5 Å². The molecule has 13 nitrogen and oxygen atoms in total. The molecule has 0 fully saturated rings. The quantitative estimate of drug-likeness (QED) is 0.0940. The van der Waals surface area contributed by atoms with Gasteiger partial charge in [-0.15, -0.1) is 0 Å². The summed E-state index contributed by atoms with van der Waals surface area (Å²) in [7, 11) is -10.7. The van der Waals surface area contributed by atoms with Crippen molar-refractivity contribution in [3.05, 3.63) is 18.7 Å². The molecule has 0 atom stereocenters.